The van der Waals surface area contributed by atoms with E-state index >= 15 is 0 Å². The molecule has 0 radical (unpaired) electrons. The fourth-order valence-electron chi connectivity index (χ4n) is 7.85. The summed E-state index contributed by atoms with van der Waals surface area (Å²) in [7, 11) is 0. The maximum Gasteiger partial charge on any atom is 0.316 e. The molecule has 3 N–H and O–H groups in total. The largest absolute Gasteiger partial charge is 0.462 e. The summed E-state index contributed by atoms with van der Waals surface area (Å²) < 4.78 is 31.5. The Balaban J connectivity index is 1.57. The number of hydrogen-bond donors (Lipinski definition) is 3. The van der Waals surface area contributed by atoms with Crippen LogP contribution in [0.4, 0.5) is 0 Å². The highest BCUT2D eigenvalue weighted by atomic mass is 16.7. The van der Waals surface area contributed by atoms with Crippen LogP contribution in [-0.2, 0) is 33.3 Å². The monoisotopic (exact) mass is 670 g/mol. The number of aliphatic hydroxyl groups excluding tert-OH is 2. The predicted molar refractivity (Wildman–Crippen MR) is 178 cm³/mol. The second-order valence-electron chi connectivity index (χ2n) is 14.9. The Kier molecular flexibility index (Phi) is 10.9. The van der Waals surface area contributed by atoms with Crippen molar-refractivity contribution in [2.75, 3.05) is 6.61 Å². The first-order valence-electron chi connectivity index (χ1n) is 17.4. The van der Waals surface area contributed by atoms with E-state index in [1.54, 1.807) is 32.9 Å². The smallest absolute Gasteiger partial charge is 0.316 e. The molecule has 2 bridgehead atoms. The SMILES string of the molecule is C/C=C(\C)[C@H]1O[C@@]2(C[C@@H]3C[C@@H](C/C=C(/C)C[C@@H](C)/C=C\C=C4\CO[C@H]5[C@H](O)C(C)=C[C@@H](C(=O)O3)[C@]45O)O2)[C@H](O)[C@@H](OC(=O)C(C)C)[C@@H]1C. The molecule has 5 rings (SSSR count). The van der Waals surface area contributed by atoms with E-state index in [4.69, 9.17) is 23.7 Å². The van der Waals surface area contributed by atoms with Crippen molar-refractivity contribution in [1.82, 2.24) is 0 Å². The molecule has 0 saturated carbocycles. The van der Waals surface area contributed by atoms with Gasteiger partial charge in [-0.15, -0.1) is 0 Å². The second-order valence-corrected chi connectivity index (χ2v) is 14.9. The van der Waals surface area contributed by atoms with Crippen LogP contribution in [0, 0.1) is 23.7 Å². The summed E-state index contributed by atoms with van der Waals surface area (Å²) in [6, 6.07) is 0. The highest BCUT2D eigenvalue weighted by Crippen LogP contribution is 2.48. The van der Waals surface area contributed by atoms with E-state index in [0.717, 1.165) is 17.6 Å². The van der Waals surface area contributed by atoms with Crippen molar-refractivity contribution in [2.24, 2.45) is 23.7 Å². The predicted octanol–water partition coefficient (Wildman–Crippen LogP) is 4.63. The van der Waals surface area contributed by atoms with Gasteiger partial charge >= 0.3 is 11.9 Å². The van der Waals surface area contributed by atoms with Gasteiger partial charge in [-0.25, -0.2) is 0 Å². The first-order chi connectivity index (χ1) is 22.6. The van der Waals surface area contributed by atoms with Crippen LogP contribution in [0.15, 0.2) is 58.7 Å². The lowest BCUT2D eigenvalue weighted by molar-refractivity contribution is -0.380. The molecule has 4 aliphatic heterocycles. The maximum absolute atomic E-state index is 14.2. The molecule has 10 heteroatoms. The van der Waals surface area contributed by atoms with Crippen LogP contribution in [0.5, 0.6) is 0 Å². The van der Waals surface area contributed by atoms with Crippen molar-refractivity contribution in [3.05, 3.63) is 58.7 Å². The minimum absolute atomic E-state index is 0.0199. The third kappa shape index (κ3) is 6.89. The van der Waals surface area contributed by atoms with Crippen molar-refractivity contribution in [3.63, 3.8) is 0 Å². The lowest BCUT2D eigenvalue weighted by atomic mass is 9.71. The zero-order valence-electron chi connectivity index (χ0n) is 29.5. The first kappa shape index (κ1) is 36.7. The Hall–Kier alpha value is -2.60. The van der Waals surface area contributed by atoms with Crippen molar-refractivity contribution in [1.29, 1.82) is 0 Å². The van der Waals surface area contributed by atoms with Crippen molar-refractivity contribution in [2.45, 2.75) is 135 Å². The summed E-state index contributed by atoms with van der Waals surface area (Å²) in [4.78, 5) is 27.1. The quantitative estimate of drug-likeness (QED) is 0.288. The van der Waals surface area contributed by atoms with Crippen molar-refractivity contribution in [3.8, 4) is 0 Å². The molecule has 266 valence electrons. The van der Waals surface area contributed by atoms with Crippen LogP contribution in [0.3, 0.4) is 0 Å². The molecule has 12 atom stereocenters. The lowest BCUT2D eigenvalue weighted by Crippen LogP contribution is -2.67. The second kappa shape index (κ2) is 14.3. The molecule has 10 nitrogen and oxygen atoms in total. The molecule has 0 unspecified atom stereocenters. The molecule has 0 aromatic carbocycles. The van der Waals surface area contributed by atoms with Gasteiger partial charge in [-0.2, -0.15) is 0 Å². The van der Waals surface area contributed by atoms with Gasteiger partial charge in [0.05, 0.1) is 24.7 Å². The zero-order chi connectivity index (χ0) is 35.1. The number of carbonyl (C=O) groups is 2. The molecule has 48 heavy (non-hydrogen) atoms. The summed E-state index contributed by atoms with van der Waals surface area (Å²) in [5, 5.41) is 35.2. The Labute approximate surface area is 284 Å². The summed E-state index contributed by atoms with van der Waals surface area (Å²) in [5.74, 6) is -4.54. The number of ether oxygens (including phenoxy) is 5. The first-order valence-corrected chi connectivity index (χ1v) is 17.4. The fraction of sp³-hybridized carbons (Fsp3) is 0.684. The van der Waals surface area contributed by atoms with Gasteiger partial charge in [0, 0.05) is 18.8 Å². The van der Waals surface area contributed by atoms with E-state index in [2.05, 4.69) is 19.9 Å². The van der Waals surface area contributed by atoms with E-state index in [1.807, 2.05) is 39.0 Å². The summed E-state index contributed by atoms with van der Waals surface area (Å²) in [6.45, 7) is 15.1. The van der Waals surface area contributed by atoms with Gasteiger partial charge in [-0.05, 0) is 63.2 Å². The number of rotatable bonds is 3. The molecular formula is C38H54O10. The number of allylic oxidation sites excluding steroid dienone is 5. The van der Waals surface area contributed by atoms with Crippen LogP contribution in [0.2, 0.25) is 0 Å². The lowest BCUT2D eigenvalue weighted by Gasteiger charge is -2.54. The third-order valence-corrected chi connectivity index (χ3v) is 10.8. The zero-order valence-corrected chi connectivity index (χ0v) is 29.5. The standard InChI is InChI=1S/C38H54O10/c1-9-23(6)31-25(8)32(46-35(41)20(2)3)33(40)37(48-31)18-28-17-27(47-37)14-13-22(5)15-21(4)11-10-12-26-19-44-34-30(39)24(7)16-29(36(42)45-28)38(26,34)43/h9-13,16,20-21,25,27-34,39-40,43H,14-15,17-19H2,1-8H3/b11-10-,22-13-,23-9+,26-12-/t21-,25+,27+,28-,29-,30+,31+,32-,33+,34-,37-,38+/m0/s1. The molecule has 0 aromatic heterocycles. The molecule has 1 spiro atoms. The van der Waals surface area contributed by atoms with Gasteiger partial charge in [0.1, 0.15) is 42.0 Å². The topological polar surface area (TPSA) is 141 Å². The molecule has 4 heterocycles. The van der Waals surface area contributed by atoms with Gasteiger partial charge in [-0.3, -0.25) is 9.59 Å². The highest BCUT2D eigenvalue weighted by Gasteiger charge is 2.62. The number of carbonyl (C=O) groups excluding carboxylic acids is 2. The molecule has 1 aliphatic carbocycles. The minimum Gasteiger partial charge on any atom is -0.462 e. The van der Waals surface area contributed by atoms with E-state index in [-0.39, 0.29) is 18.9 Å². The van der Waals surface area contributed by atoms with E-state index < -0.39 is 83.8 Å². The Morgan fingerprint density at radius 2 is 1.88 bits per heavy atom. The van der Waals surface area contributed by atoms with Crippen molar-refractivity contribution >= 4 is 11.9 Å². The Morgan fingerprint density at radius 3 is 2.56 bits per heavy atom. The van der Waals surface area contributed by atoms with Crippen LogP contribution >= 0.6 is 0 Å². The van der Waals surface area contributed by atoms with E-state index in [0.29, 0.717) is 24.0 Å². The van der Waals surface area contributed by atoms with Gasteiger partial charge in [0.25, 0.3) is 0 Å². The van der Waals surface area contributed by atoms with Gasteiger partial charge < -0.3 is 39.0 Å². The minimum atomic E-state index is -1.82. The maximum atomic E-state index is 14.2. The Bertz CT molecular complexity index is 1390. The summed E-state index contributed by atoms with van der Waals surface area (Å²) in [6.07, 6.45) is 6.59. The normalized spacial score (nSPS) is 45.3. The molecule has 3 saturated heterocycles. The third-order valence-electron chi connectivity index (χ3n) is 10.8. The van der Waals surface area contributed by atoms with Gasteiger partial charge in [-0.1, -0.05) is 69.7 Å². The van der Waals surface area contributed by atoms with E-state index in [9.17, 15) is 24.9 Å². The average molecular weight is 671 g/mol. The Morgan fingerprint density at radius 1 is 1.15 bits per heavy atom. The molecule has 0 aromatic rings. The van der Waals surface area contributed by atoms with Gasteiger partial charge in [0.2, 0.25) is 5.79 Å². The number of esters is 2. The molecule has 3 fully saturated rings. The molecular weight excluding hydrogens is 616 g/mol. The van der Waals surface area contributed by atoms with Crippen LogP contribution in [0.1, 0.15) is 81.1 Å². The summed E-state index contributed by atoms with van der Waals surface area (Å²) >= 11 is 0. The average Bonchev–Trinajstić information content (AvgIpc) is 3.37. The van der Waals surface area contributed by atoms with E-state index in [1.165, 1.54) is 0 Å². The molecule has 0 amide bonds. The summed E-state index contributed by atoms with van der Waals surface area (Å²) in [5.41, 5.74) is 1.21. The van der Waals surface area contributed by atoms with Crippen molar-refractivity contribution < 1.29 is 48.6 Å². The number of hydrogen-bond acceptors (Lipinski definition) is 10. The highest BCUT2D eigenvalue weighted by molar-refractivity contribution is 5.78. The number of fused-ring (bicyclic) bond motifs is 2. The molecule has 5 aliphatic rings. The van der Waals surface area contributed by atoms with Crippen LogP contribution in [0.25, 0.3) is 0 Å². The number of aliphatic hydroxyl groups is 3. The van der Waals surface area contributed by atoms with Gasteiger partial charge in [0.15, 0.2) is 0 Å². The van der Waals surface area contributed by atoms with Crippen LogP contribution < -0.4 is 0 Å². The van der Waals surface area contributed by atoms with Crippen LogP contribution in [-0.4, -0.2) is 88.0 Å². The fourth-order valence-corrected chi connectivity index (χ4v) is 7.85.